The van der Waals surface area contributed by atoms with Crippen LogP contribution in [0, 0.1) is 24.3 Å². The van der Waals surface area contributed by atoms with Gasteiger partial charge < -0.3 is 0 Å². The van der Waals surface area contributed by atoms with Crippen LogP contribution in [0.2, 0.25) is 0 Å². The Labute approximate surface area is 331 Å². The van der Waals surface area contributed by atoms with Gasteiger partial charge in [0, 0.05) is 0 Å². The number of hydrogen-bond acceptors (Lipinski definition) is 0. The van der Waals surface area contributed by atoms with Crippen LogP contribution < -0.4 is 0 Å². The molecule has 4 heteroatoms. The van der Waals surface area contributed by atoms with Crippen molar-refractivity contribution >= 4 is 31.7 Å². The van der Waals surface area contributed by atoms with E-state index in [2.05, 4.69) is 139 Å². The third-order valence-electron chi connectivity index (χ3n) is 8.23. The first-order valence-corrected chi connectivity index (χ1v) is 22.5. The minimum atomic E-state index is 0. The van der Waals surface area contributed by atoms with Crippen molar-refractivity contribution in [1.29, 1.82) is 0 Å². The van der Waals surface area contributed by atoms with Crippen LogP contribution in [0.15, 0.2) is 133 Å². The molecule has 0 aliphatic heterocycles. The molecule has 0 spiro atoms. The molecule has 0 radical (unpaired) electrons. The summed E-state index contributed by atoms with van der Waals surface area (Å²) in [6.07, 6.45) is 2.07. The van der Waals surface area contributed by atoms with E-state index in [-0.39, 0.29) is 35.6 Å². The Balaban J connectivity index is 0.000000246. The second-order valence-electron chi connectivity index (χ2n) is 13.9. The van der Waals surface area contributed by atoms with Crippen molar-refractivity contribution in [2.24, 2.45) is 0 Å². The van der Waals surface area contributed by atoms with E-state index in [1.165, 1.54) is 55.6 Å². The van der Waals surface area contributed by atoms with Crippen molar-refractivity contribution in [3.63, 3.8) is 0 Å². The molecule has 0 fully saturated rings. The van der Waals surface area contributed by atoms with E-state index in [4.69, 9.17) is 0 Å². The van der Waals surface area contributed by atoms with E-state index in [9.17, 15) is 0 Å². The van der Waals surface area contributed by atoms with Crippen LogP contribution >= 0.6 is 24.8 Å². The molecule has 258 valence electrons. The van der Waals surface area contributed by atoms with Crippen LogP contribution in [0.5, 0.6) is 0 Å². The zero-order chi connectivity index (χ0) is 34.6. The van der Waals surface area contributed by atoms with Crippen molar-refractivity contribution in [3.8, 4) is 22.3 Å². The first kappa shape index (κ1) is 43.2. The first-order valence-electron chi connectivity index (χ1n) is 16.6. The van der Waals surface area contributed by atoms with Crippen LogP contribution in [0.1, 0.15) is 74.9 Å². The van der Waals surface area contributed by atoms with Gasteiger partial charge in [-0.05, 0) is 23.7 Å². The smallest absolute Gasteiger partial charge is 0.171 e. The number of fused-ring (bicyclic) bond motifs is 6. The van der Waals surface area contributed by atoms with Crippen molar-refractivity contribution < 1.29 is 23.3 Å². The number of hydrogen-bond donors (Lipinski definition) is 0. The molecule has 8 rings (SSSR count). The van der Waals surface area contributed by atoms with Crippen LogP contribution in [0.4, 0.5) is 0 Å². The van der Waals surface area contributed by atoms with Gasteiger partial charge in [-0.1, -0.05) is 112 Å². The SMILES string of the molecule is CC(C)(C)c1[c-]c2c(cc1)-c1ccccc1C2.CC(C)(C)c1[c-]c2c(cc1)-c1ccccc1C2.Cl.Cl.[SiH2]=[Zr].[c-]1ccccc1.[c-]1ccccc1. The van der Waals surface area contributed by atoms with E-state index < -0.39 is 0 Å². The topological polar surface area (TPSA) is 0 Å². The molecule has 0 unspecified atom stereocenters. The van der Waals surface area contributed by atoms with Crippen LogP contribution in [-0.2, 0) is 47.0 Å². The third-order valence-corrected chi connectivity index (χ3v) is 8.23. The minimum absolute atomic E-state index is 0. The van der Waals surface area contributed by atoms with Gasteiger partial charge in [0.1, 0.15) is 0 Å². The Morgan fingerprint density at radius 2 is 0.780 bits per heavy atom. The molecule has 0 heterocycles. The van der Waals surface area contributed by atoms with E-state index in [1.807, 2.05) is 67.5 Å². The summed E-state index contributed by atoms with van der Waals surface area (Å²) in [5.74, 6) is 0. The summed E-state index contributed by atoms with van der Waals surface area (Å²) in [6, 6.07) is 58.5. The molecule has 0 amide bonds. The zero-order valence-corrected chi connectivity index (χ0v) is 35.6. The standard InChI is InChI=1S/2C17H17.2C6H5.2ClH.H2Si.Zr/c2*1-17(2,3)14-8-9-16-13(11-14)10-12-6-4-5-7-15(12)16;2*1-2-4-6-5-3-1;;;;/h2*4-9H,10H2,1-3H3;2*1-5H;2*1H;1H2;/q4*-1;;;;. The average molecular weight is 791 g/mol. The second kappa shape index (κ2) is 20.8. The number of halogens is 2. The van der Waals surface area contributed by atoms with Crippen molar-refractivity contribution in [1.82, 2.24) is 0 Å². The normalized spacial score (nSPS) is 11.1. The largest absolute Gasteiger partial charge is 0.184 e. The molecule has 0 bridgehead atoms. The zero-order valence-electron chi connectivity index (χ0n) is 30.1. The Morgan fingerprint density at radius 1 is 0.440 bits per heavy atom. The van der Waals surface area contributed by atoms with Gasteiger partial charge in [0.15, 0.2) is 0 Å². The van der Waals surface area contributed by atoms with E-state index in [1.54, 1.807) is 23.3 Å². The monoisotopic (exact) mass is 788 g/mol. The van der Waals surface area contributed by atoms with Gasteiger partial charge in [-0.3, -0.25) is 0 Å². The van der Waals surface area contributed by atoms with Gasteiger partial charge in [0.2, 0.25) is 0 Å². The predicted octanol–water partition coefficient (Wildman–Crippen LogP) is 11.6. The van der Waals surface area contributed by atoms with E-state index in [0.717, 1.165) is 12.8 Å². The quantitative estimate of drug-likeness (QED) is 0.106. The molecule has 6 aromatic carbocycles. The first-order chi connectivity index (χ1) is 23.1. The number of rotatable bonds is 0. The van der Waals surface area contributed by atoms with Gasteiger partial charge >= 0.3 is 30.2 Å². The van der Waals surface area contributed by atoms with Crippen LogP contribution in [-0.4, -0.2) is 6.88 Å². The third kappa shape index (κ3) is 12.1. The Bertz CT molecular complexity index is 1680. The molecule has 50 heavy (non-hydrogen) atoms. The van der Waals surface area contributed by atoms with Crippen molar-refractivity contribution in [3.05, 3.63) is 191 Å². The Morgan fingerprint density at radius 3 is 1.06 bits per heavy atom. The summed E-state index contributed by atoms with van der Waals surface area (Å²) < 4.78 is 0. The van der Waals surface area contributed by atoms with Crippen molar-refractivity contribution in [2.75, 3.05) is 0 Å². The van der Waals surface area contributed by atoms with E-state index in [0.29, 0.717) is 0 Å². The van der Waals surface area contributed by atoms with Gasteiger partial charge in [-0.15, -0.1) is 47.1 Å². The number of benzene rings is 6. The predicted molar refractivity (Wildman–Crippen MR) is 218 cm³/mol. The molecular formula is C46H48Cl2SiZr-4. The molecule has 0 saturated heterocycles. The fourth-order valence-electron chi connectivity index (χ4n) is 5.68. The summed E-state index contributed by atoms with van der Waals surface area (Å²) in [4.78, 5) is 0. The summed E-state index contributed by atoms with van der Waals surface area (Å²) in [5.41, 5.74) is 14.1. The maximum atomic E-state index is 3.61. The van der Waals surface area contributed by atoms with Gasteiger partial charge in [0.25, 0.3) is 0 Å². The molecule has 2 aliphatic carbocycles. The molecule has 0 N–H and O–H groups in total. The molecular weight excluding hydrogens is 743 g/mol. The molecule has 6 aromatic rings. The van der Waals surface area contributed by atoms with Crippen LogP contribution in [0.25, 0.3) is 22.3 Å². The average Bonchev–Trinajstić information content (AvgIpc) is 3.68. The maximum absolute atomic E-state index is 3.61. The molecule has 0 atom stereocenters. The van der Waals surface area contributed by atoms with Gasteiger partial charge in [-0.2, -0.15) is 120 Å². The second-order valence-corrected chi connectivity index (χ2v) is 13.9. The van der Waals surface area contributed by atoms with Crippen LogP contribution in [0.3, 0.4) is 0 Å². The minimum Gasteiger partial charge on any atom is -0.184 e. The van der Waals surface area contributed by atoms with E-state index >= 15 is 0 Å². The molecule has 0 saturated carbocycles. The summed E-state index contributed by atoms with van der Waals surface area (Å²) in [6.45, 7) is 15.4. The van der Waals surface area contributed by atoms with Gasteiger partial charge in [0.05, 0.1) is 0 Å². The summed E-state index contributed by atoms with van der Waals surface area (Å²) >= 11 is 1.58. The Kier molecular flexibility index (Phi) is 17.9. The summed E-state index contributed by atoms with van der Waals surface area (Å²) in [5, 5.41) is 0. The molecule has 0 aromatic heterocycles. The maximum Gasteiger partial charge on any atom is -0.171 e. The van der Waals surface area contributed by atoms with Crippen molar-refractivity contribution in [2.45, 2.75) is 65.2 Å². The fraction of sp³-hybridized carbons (Fsp3) is 0.217. The Hall–Kier alpha value is -3.00. The molecule has 0 nitrogen and oxygen atoms in total. The fourth-order valence-corrected chi connectivity index (χ4v) is 5.68. The molecule has 2 aliphatic rings. The van der Waals surface area contributed by atoms with Gasteiger partial charge in [-0.25, -0.2) is 0 Å². The summed E-state index contributed by atoms with van der Waals surface area (Å²) in [7, 11) is 0.